The van der Waals surface area contributed by atoms with Crippen molar-refractivity contribution >= 4 is 41.0 Å². The van der Waals surface area contributed by atoms with Gasteiger partial charge >= 0.3 is 6.03 Å². The van der Waals surface area contributed by atoms with Gasteiger partial charge in [0, 0.05) is 18.8 Å². The number of nitrogens with one attached hydrogen (secondary N) is 2. The van der Waals surface area contributed by atoms with Gasteiger partial charge in [0.2, 0.25) is 5.91 Å². The van der Waals surface area contributed by atoms with Crippen LogP contribution in [-0.2, 0) is 14.4 Å². The van der Waals surface area contributed by atoms with Crippen LogP contribution in [0, 0.1) is 5.92 Å². The normalized spacial score (nSPS) is 22.3. The SMILES string of the molecule is CCN(CC)C(=O)COc1ccc(NC(=O)CN2C(=O)NC3(CCC(C)CC3)C2=O)cc1Cl. The monoisotopic (exact) mass is 478 g/mol. The van der Waals surface area contributed by atoms with Crippen molar-refractivity contribution in [2.24, 2.45) is 5.92 Å². The van der Waals surface area contributed by atoms with Crippen molar-refractivity contribution in [2.75, 3.05) is 31.6 Å². The van der Waals surface area contributed by atoms with Crippen LogP contribution in [-0.4, -0.2) is 65.3 Å². The molecule has 0 aromatic heterocycles. The summed E-state index contributed by atoms with van der Waals surface area (Å²) >= 11 is 6.24. The van der Waals surface area contributed by atoms with E-state index >= 15 is 0 Å². The molecule has 5 amide bonds. The predicted octanol–water partition coefficient (Wildman–Crippen LogP) is 3.03. The number of hydrogen-bond donors (Lipinski definition) is 2. The van der Waals surface area contributed by atoms with Gasteiger partial charge in [-0.25, -0.2) is 4.79 Å². The van der Waals surface area contributed by atoms with Crippen LogP contribution in [0.3, 0.4) is 0 Å². The van der Waals surface area contributed by atoms with E-state index in [1.54, 1.807) is 17.0 Å². The standard InChI is InChI=1S/C23H31ClN4O5/c1-4-27(5-2)20(30)14-33-18-7-6-16(12-17(18)24)25-19(29)13-28-21(31)23(26-22(28)32)10-8-15(3)9-11-23/h6-7,12,15H,4-5,8-11,13-14H2,1-3H3,(H,25,29)(H,26,32). The number of amides is 5. The number of likely N-dealkylation sites (N-methyl/N-ethyl adjacent to an activating group) is 1. The molecule has 0 bridgehead atoms. The summed E-state index contributed by atoms with van der Waals surface area (Å²) in [6, 6.07) is 4.09. The molecule has 2 N–H and O–H groups in total. The van der Waals surface area contributed by atoms with Crippen molar-refractivity contribution < 1.29 is 23.9 Å². The molecule has 1 spiro atoms. The summed E-state index contributed by atoms with van der Waals surface area (Å²) in [6.45, 7) is 6.57. The molecule has 0 radical (unpaired) electrons. The molecule has 1 aliphatic heterocycles. The van der Waals surface area contributed by atoms with E-state index in [4.69, 9.17) is 16.3 Å². The lowest BCUT2D eigenvalue weighted by molar-refractivity contribution is -0.135. The van der Waals surface area contributed by atoms with E-state index in [0.29, 0.717) is 43.3 Å². The zero-order valence-electron chi connectivity index (χ0n) is 19.3. The summed E-state index contributed by atoms with van der Waals surface area (Å²) in [5.41, 5.74) is -0.491. The van der Waals surface area contributed by atoms with E-state index in [2.05, 4.69) is 17.6 Å². The van der Waals surface area contributed by atoms with Gasteiger partial charge in [0.1, 0.15) is 17.8 Å². The average molecular weight is 479 g/mol. The topological polar surface area (TPSA) is 108 Å². The highest BCUT2D eigenvalue weighted by molar-refractivity contribution is 6.32. The molecule has 1 aromatic rings. The van der Waals surface area contributed by atoms with Gasteiger partial charge in [0.25, 0.3) is 11.8 Å². The largest absolute Gasteiger partial charge is 0.482 e. The molecule has 9 nitrogen and oxygen atoms in total. The minimum absolute atomic E-state index is 0.139. The van der Waals surface area contributed by atoms with Crippen molar-refractivity contribution in [3.63, 3.8) is 0 Å². The van der Waals surface area contributed by atoms with E-state index in [-0.39, 0.29) is 30.0 Å². The van der Waals surface area contributed by atoms with E-state index in [9.17, 15) is 19.2 Å². The molecular formula is C23H31ClN4O5. The highest BCUT2D eigenvalue weighted by atomic mass is 35.5. The Labute approximate surface area is 198 Å². The van der Waals surface area contributed by atoms with Gasteiger partial charge in [-0.3, -0.25) is 19.3 Å². The molecule has 180 valence electrons. The number of ether oxygens (including phenoxy) is 1. The van der Waals surface area contributed by atoms with Gasteiger partial charge in [0.15, 0.2) is 6.61 Å². The van der Waals surface area contributed by atoms with Crippen LogP contribution >= 0.6 is 11.6 Å². The molecule has 0 unspecified atom stereocenters. The van der Waals surface area contributed by atoms with Crippen molar-refractivity contribution in [3.05, 3.63) is 23.2 Å². The fourth-order valence-electron chi connectivity index (χ4n) is 4.26. The Morgan fingerprint density at radius 2 is 1.91 bits per heavy atom. The van der Waals surface area contributed by atoms with Gasteiger partial charge < -0.3 is 20.3 Å². The first-order valence-corrected chi connectivity index (χ1v) is 11.7. The van der Waals surface area contributed by atoms with Crippen molar-refractivity contribution in [2.45, 2.75) is 52.0 Å². The first-order chi connectivity index (χ1) is 15.7. The molecule has 0 atom stereocenters. The number of halogens is 1. The van der Waals surface area contributed by atoms with Gasteiger partial charge in [-0.2, -0.15) is 0 Å². The second-order valence-electron chi connectivity index (χ2n) is 8.63. The Bertz CT molecular complexity index is 925. The van der Waals surface area contributed by atoms with E-state index in [0.717, 1.165) is 17.7 Å². The Hall–Kier alpha value is -2.81. The lowest BCUT2D eigenvalue weighted by Gasteiger charge is -2.33. The van der Waals surface area contributed by atoms with Crippen LogP contribution in [0.2, 0.25) is 5.02 Å². The van der Waals surface area contributed by atoms with Crippen LogP contribution < -0.4 is 15.4 Å². The summed E-state index contributed by atoms with van der Waals surface area (Å²) < 4.78 is 5.51. The van der Waals surface area contributed by atoms with Crippen molar-refractivity contribution in [1.82, 2.24) is 15.1 Å². The molecule has 33 heavy (non-hydrogen) atoms. The number of benzene rings is 1. The van der Waals surface area contributed by atoms with E-state index in [1.165, 1.54) is 6.07 Å². The van der Waals surface area contributed by atoms with Gasteiger partial charge in [0.05, 0.1) is 5.02 Å². The number of rotatable bonds is 8. The average Bonchev–Trinajstić information content (AvgIpc) is 3.00. The second kappa shape index (κ2) is 10.4. The van der Waals surface area contributed by atoms with Gasteiger partial charge in [-0.1, -0.05) is 18.5 Å². The number of carbonyl (C=O) groups excluding carboxylic acids is 4. The first-order valence-electron chi connectivity index (χ1n) is 11.3. The molecule has 1 aromatic carbocycles. The summed E-state index contributed by atoms with van der Waals surface area (Å²) in [6.07, 6.45) is 2.90. The van der Waals surface area contributed by atoms with Crippen molar-refractivity contribution in [3.8, 4) is 5.75 Å². The lowest BCUT2D eigenvalue weighted by atomic mass is 9.77. The number of urea groups is 1. The molecule has 10 heteroatoms. The third kappa shape index (κ3) is 5.58. The molecule has 1 heterocycles. The molecular weight excluding hydrogens is 448 g/mol. The third-order valence-corrected chi connectivity index (χ3v) is 6.65. The first kappa shape index (κ1) is 24.8. The number of anilines is 1. The zero-order valence-corrected chi connectivity index (χ0v) is 20.0. The van der Waals surface area contributed by atoms with Crippen LogP contribution in [0.15, 0.2) is 18.2 Å². The maximum atomic E-state index is 12.9. The van der Waals surface area contributed by atoms with Crippen LogP contribution in [0.25, 0.3) is 0 Å². The third-order valence-electron chi connectivity index (χ3n) is 6.36. The Morgan fingerprint density at radius 1 is 1.24 bits per heavy atom. The fourth-order valence-corrected chi connectivity index (χ4v) is 4.50. The van der Waals surface area contributed by atoms with E-state index in [1.807, 2.05) is 13.8 Å². The van der Waals surface area contributed by atoms with E-state index < -0.39 is 17.5 Å². The summed E-state index contributed by atoms with van der Waals surface area (Å²) in [5, 5.41) is 5.68. The quantitative estimate of drug-likeness (QED) is 0.558. The highest BCUT2D eigenvalue weighted by Gasteiger charge is 2.52. The molecule has 2 fully saturated rings. The Kier molecular flexibility index (Phi) is 7.84. The molecule has 1 saturated heterocycles. The maximum Gasteiger partial charge on any atom is 0.325 e. The van der Waals surface area contributed by atoms with Crippen molar-refractivity contribution in [1.29, 1.82) is 0 Å². The number of nitrogens with zero attached hydrogens (tertiary/aromatic N) is 2. The zero-order chi connectivity index (χ0) is 24.2. The highest BCUT2D eigenvalue weighted by Crippen LogP contribution is 2.36. The molecule has 1 saturated carbocycles. The summed E-state index contributed by atoms with van der Waals surface area (Å²) in [7, 11) is 0. The second-order valence-corrected chi connectivity index (χ2v) is 9.04. The predicted molar refractivity (Wildman–Crippen MR) is 124 cm³/mol. The number of carbonyl (C=O) groups is 4. The minimum atomic E-state index is -0.880. The molecule has 2 aliphatic rings. The minimum Gasteiger partial charge on any atom is -0.482 e. The fraction of sp³-hybridized carbons (Fsp3) is 0.565. The molecule has 1 aliphatic carbocycles. The van der Waals surface area contributed by atoms with Crippen LogP contribution in [0.4, 0.5) is 10.5 Å². The maximum absolute atomic E-state index is 12.9. The van der Waals surface area contributed by atoms with Gasteiger partial charge in [-0.15, -0.1) is 0 Å². The van der Waals surface area contributed by atoms with Crippen LogP contribution in [0.5, 0.6) is 5.75 Å². The summed E-state index contributed by atoms with van der Waals surface area (Å²) in [5.74, 6) is -0.162. The number of hydrogen-bond acceptors (Lipinski definition) is 5. The summed E-state index contributed by atoms with van der Waals surface area (Å²) in [4.78, 5) is 52.5. The smallest absolute Gasteiger partial charge is 0.325 e. The van der Waals surface area contributed by atoms with Crippen LogP contribution in [0.1, 0.15) is 46.5 Å². The molecule has 3 rings (SSSR count). The number of imide groups is 1. The van der Waals surface area contributed by atoms with Gasteiger partial charge in [-0.05, 0) is 63.6 Å². The Morgan fingerprint density at radius 3 is 2.52 bits per heavy atom. The lowest BCUT2D eigenvalue weighted by Crippen LogP contribution is -2.49. The Balaban J connectivity index is 1.56.